The maximum absolute atomic E-state index is 11.1. The summed E-state index contributed by atoms with van der Waals surface area (Å²) in [6.45, 7) is 1.79. The third kappa shape index (κ3) is 4.50. The van der Waals surface area contributed by atoms with Gasteiger partial charge in [-0.3, -0.25) is 4.79 Å². The van der Waals surface area contributed by atoms with Crippen molar-refractivity contribution in [1.82, 2.24) is 5.32 Å². The Balaban J connectivity index is 2.14. The first-order valence-corrected chi connectivity index (χ1v) is 4.81. The molecule has 0 aromatic carbocycles. The van der Waals surface area contributed by atoms with Crippen LogP contribution in [-0.2, 0) is 20.9 Å². The molecule has 1 heterocycles. The van der Waals surface area contributed by atoms with Crippen LogP contribution in [0.3, 0.4) is 0 Å². The molecule has 0 unspecified atom stereocenters. The van der Waals surface area contributed by atoms with E-state index in [1.165, 1.54) is 6.26 Å². The molecular weight excluding hydrogens is 214 g/mol. The number of esters is 1. The first-order chi connectivity index (χ1) is 7.72. The van der Waals surface area contributed by atoms with Crippen LogP contribution in [0.1, 0.15) is 12.7 Å². The van der Waals surface area contributed by atoms with Crippen LogP contribution in [0.25, 0.3) is 0 Å². The Bertz CT molecular complexity index is 333. The number of carbonyl (C=O) groups is 2. The summed E-state index contributed by atoms with van der Waals surface area (Å²) in [7, 11) is 0. The van der Waals surface area contributed by atoms with E-state index in [2.05, 4.69) is 10.1 Å². The molecule has 0 saturated carbocycles. The highest BCUT2D eigenvalue weighted by molar-refractivity contribution is 5.77. The Kier molecular flexibility index (Phi) is 4.91. The van der Waals surface area contributed by atoms with Gasteiger partial charge >= 0.3 is 12.1 Å². The first kappa shape index (κ1) is 12.1. The molecular formula is C10H13NO5. The number of amides is 1. The molecule has 6 heteroatoms. The minimum Gasteiger partial charge on any atom is -0.466 e. The van der Waals surface area contributed by atoms with Crippen molar-refractivity contribution in [2.45, 2.75) is 13.5 Å². The van der Waals surface area contributed by atoms with Crippen molar-refractivity contribution in [2.75, 3.05) is 13.2 Å². The lowest BCUT2D eigenvalue weighted by molar-refractivity contribution is -0.141. The number of hydrogen-bond acceptors (Lipinski definition) is 5. The summed E-state index contributed by atoms with van der Waals surface area (Å²) in [5.41, 5.74) is 0. The number of furan rings is 1. The van der Waals surface area contributed by atoms with E-state index in [-0.39, 0.29) is 19.8 Å². The van der Waals surface area contributed by atoms with E-state index < -0.39 is 12.1 Å². The maximum atomic E-state index is 11.1. The number of carbonyl (C=O) groups excluding carboxylic acids is 2. The van der Waals surface area contributed by atoms with Crippen LogP contribution in [-0.4, -0.2) is 25.2 Å². The van der Waals surface area contributed by atoms with Crippen molar-refractivity contribution in [3.05, 3.63) is 24.2 Å². The van der Waals surface area contributed by atoms with Crippen LogP contribution in [0, 0.1) is 0 Å². The molecule has 0 saturated heterocycles. The molecule has 0 aliphatic rings. The van der Waals surface area contributed by atoms with E-state index >= 15 is 0 Å². The lowest BCUT2D eigenvalue weighted by atomic mass is 10.5. The Morgan fingerprint density at radius 3 is 2.88 bits per heavy atom. The zero-order valence-corrected chi connectivity index (χ0v) is 8.89. The molecule has 1 rings (SSSR count). The Labute approximate surface area is 92.5 Å². The lowest BCUT2D eigenvalue weighted by Crippen LogP contribution is -2.31. The van der Waals surface area contributed by atoms with Crippen molar-refractivity contribution in [3.8, 4) is 0 Å². The van der Waals surface area contributed by atoms with E-state index in [0.717, 1.165) is 0 Å². The average molecular weight is 227 g/mol. The zero-order valence-electron chi connectivity index (χ0n) is 8.89. The van der Waals surface area contributed by atoms with E-state index in [9.17, 15) is 9.59 Å². The minimum absolute atomic E-state index is 0.0294. The van der Waals surface area contributed by atoms with Crippen LogP contribution in [0.5, 0.6) is 0 Å². The predicted octanol–water partition coefficient (Wildman–Crippen LogP) is 1.07. The zero-order chi connectivity index (χ0) is 11.8. The van der Waals surface area contributed by atoms with Crippen LogP contribution >= 0.6 is 0 Å². The number of ether oxygens (including phenoxy) is 2. The van der Waals surface area contributed by atoms with Gasteiger partial charge in [0, 0.05) is 0 Å². The Hall–Kier alpha value is -1.98. The minimum atomic E-state index is -0.690. The highest BCUT2D eigenvalue weighted by Crippen LogP contribution is 2.01. The molecule has 0 aliphatic carbocycles. The van der Waals surface area contributed by atoms with E-state index in [0.29, 0.717) is 5.76 Å². The van der Waals surface area contributed by atoms with Gasteiger partial charge in [0.15, 0.2) is 6.61 Å². The molecule has 0 radical (unpaired) electrons. The summed E-state index contributed by atoms with van der Waals surface area (Å²) < 4.78 is 14.3. The standard InChI is InChI=1S/C10H13NO5/c1-2-14-9(12)6-11-10(13)16-7-8-4-3-5-15-8/h3-5H,2,6-7H2,1H3,(H,11,13). The molecule has 0 fully saturated rings. The normalized spacial score (nSPS) is 9.56. The van der Waals surface area contributed by atoms with Crippen LogP contribution < -0.4 is 5.32 Å². The van der Waals surface area contributed by atoms with Gasteiger partial charge in [0.2, 0.25) is 0 Å². The largest absolute Gasteiger partial charge is 0.466 e. The number of rotatable bonds is 5. The summed E-state index contributed by atoms with van der Waals surface area (Å²) >= 11 is 0. The van der Waals surface area contributed by atoms with Crippen molar-refractivity contribution >= 4 is 12.1 Å². The smallest absolute Gasteiger partial charge is 0.408 e. The summed E-state index contributed by atoms with van der Waals surface area (Å²) in [6.07, 6.45) is 0.791. The van der Waals surface area contributed by atoms with E-state index in [1.807, 2.05) is 0 Å². The van der Waals surface area contributed by atoms with Gasteiger partial charge in [0.25, 0.3) is 0 Å². The van der Waals surface area contributed by atoms with Gasteiger partial charge in [0.1, 0.15) is 12.3 Å². The van der Waals surface area contributed by atoms with Gasteiger partial charge in [-0.15, -0.1) is 0 Å². The van der Waals surface area contributed by atoms with Gasteiger partial charge in [0.05, 0.1) is 12.9 Å². The molecule has 16 heavy (non-hydrogen) atoms. The third-order valence-electron chi connectivity index (χ3n) is 1.61. The monoisotopic (exact) mass is 227 g/mol. The number of hydrogen-bond donors (Lipinski definition) is 1. The van der Waals surface area contributed by atoms with E-state index in [1.54, 1.807) is 19.1 Å². The highest BCUT2D eigenvalue weighted by atomic mass is 16.6. The molecule has 1 aromatic rings. The van der Waals surface area contributed by atoms with Crippen LogP contribution in [0.15, 0.2) is 22.8 Å². The highest BCUT2D eigenvalue weighted by Gasteiger charge is 2.07. The quantitative estimate of drug-likeness (QED) is 0.761. The second-order valence-corrected chi connectivity index (χ2v) is 2.81. The molecule has 0 aliphatic heterocycles. The van der Waals surface area contributed by atoms with Crippen molar-refractivity contribution < 1.29 is 23.5 Å². The van der Waals surface area contributed by atoms with Crippen LogP contribution in [0.2, 0.25) is 0 Å². The molecule has 1 aromatic heterocycles. The fourth-order valence-corrected chi connectivity index (χ4v) is 0.939. The summed E-state index contributed by atoms with van der Waals surface area (Å²) in [5.74, 6) is 0.0312. The Morgan fingerprint density at radius 1 is 1.44 bits per heavy atom. The fraction of sp³-hybridized carbons (Fsp3) is 0.400. The summed E-state index contributed by atoms with van der Waals surface area (Å²) in [4.78, 5) is 21.9. The molecule has 1 amide bonds. The molecule has 0 spiro atoms. The fourth-order valence-electron chi connectivity index (χ4n) is 0.939. The summed E-state index contributed by atoms with van der Waals surface area (Å²) in [5, 5.41) is 2.25. The van der Waals surface area contributed by atoms with Gasteiger partial charge < -0.3 is 19.2 Å². The molecule has 0 atom stereocenters. The van der Waals surface area contributed by atoms with Gasteiger partial charge in [-0.05, 0) is 19.1 Å². The predicted molar refractivity (Wildman–Crippen MR) is 53.5 cm³/mol. The molecule has 0 bridgehead atoms. The SMILES string of the molecule is CCOC(=O)CNC(=O)OCc1ccco1. The first-order valence-electron chi connectivity index (χ1n) is 4.81. The maximum Gasteiger partial charge on any atom is 0.408 e. The molecule has 88 valence electrons. The van der Waals surface area contributed by atoms with Crippen molar-refractivity contribution in [1.29, 1.82) is 0 Å². The lowest BCUT2D eigenvalue weighted by Gasteiger charge is -2.05. The molecule has 6 nitrogen and oxygen atoms in total. The van der Waals surface area contributed by atoms with E-state index in [4.69, 9.17) is 9.15 Å². The average Bonchev–Trinajstić information content (AvgIpc) is 2.77. The van der Waals surface area contributed by atoms with Gasteiger partial charge in [-0.25, -0.2) is 4.79 Å². The number of nitrogens with one attached hydrogen (secondary N) is 1. The second kappa shape index (κ2) is 6.49. The topological polar surface area (TPSA) is 77.8 Å². The Morgan fingerprint density at radius 2 is 2.25 bits per heavy atom. The van der Waals surface area contributed by atoms with Crippen molar-refractivity contribution in [2.24, 2.45) is 0 Å². The number of alkyl carbamates (subject to hydrolysis) is 1. The van der Waals surface area contributed by atoms with Gasteiger partial charge in [-0.1, -0.05) is 0 Å². The summed E-state index contributed by atoms with van der Waals surface area (Å²) in [6, 6.07) is 3.37. The molecule has 1 N–H and O–H groups in total. The van der Waals surface area contributed by atoms with Gasteiger partial charge in [-0.2, -0.15) is 0 Å². The third-order valence-corrected chi connectivity index (χ3v) is 1.61. The van der Waals surface area contributed by atoms with Crippen LogP contribution in [0.4, 0.5) is 4.79 Å². The van der Waals surface area contributed by atoms with Crippen molar-refractivity contribution in [3.63, 3.8) is 0 Å². The second-order valence-electron chi connectivity index (χ2n) is 2.81.